The largest absolute Gasteiger partial charge is 0.457 e. The molecule has 0 spiro atoms. The average molecular weight is 411 g/mol. The molecular weight excluding hydrogens is 394 g/mol. The number of hydrogen-bond acceptors (Lipinski definition) is 6. The lowest BCUT2D eigenvalue weighted by Crippen LogP contribution is -2.08. The van der Waals surface area contributed by atoms with Crippen LogP contribution >= 0.6 is 0 Å². The van der Waals surface area contributed by atoms with Crippen LogP contribution in [-0.2, 0) is 21.2 Å². The third kappa shape index (κ3) is 4.85. The average Bonchev–Trinajstić information content (AvgIpc) is 2.72. The molecule has 3 aromatic carbocycles. The van der Waals surface area contributed by atoms with Crippen molar-refractivity contribution in [2.24, 2.45) is 0 Å². The molecule has 0 bridgehead atoms. The van der Waals surface area contributed by atoms with Crippen molar-refractivity contribution in [2.45, 2.75) is 11.5 Å². The Morgan fingerprint density at radius 3 is 2.17 bits per heavy atom. The second-order valence-corrected chi connectivity index (χ2v) is 8.34. The van der Waals surface area contributed by atoms with E-state index in [2.05, 4.69) is 0 Å². The molecule has 0 N–H and O–H groups in total. The van der Waals surface area contributed by atoms with E-state index in [0.717, 1.165) is 35.1 Å². The molecule has 8 heteroatoms. The zero-order chi connectivity index (χ0) is 21.0. The van der Waals surface area contributed by atoms with Gasteiger partial charge in [-0.25, -0.2) is 13.2 Å². The van der Waals surface area contributed by atoms with Crippen LogP contribution in [0.1, 0.15) is 15.9 Å². The highest BCUT2D eigenvalue weighted by Gasteiger charge is 2.24. The number of ether oxygens (including phenoxy) is 1. The number of nitro groups is 1. The Labute approximate surface area is 167 Å². The van der Waals surface area contributed by atoms with Crippen molar-refractivity contribution in [3.8, 4) is 11.1 Å². The Hall–Kier alpha value is -3.52. The Morgan fingerprint density at radius 1 is 0.966 bits per heavy atom. The lowest BCUT2D eigenvalue weighted by molar-refractivity contribution is -0.387. The highest BCUT2D eigenvalue weighted by molar-refractivity contribution is 7.90. The SMILES string of the molecule is CS(=O)(=O)c1ccc(C(=O)OCc2ccc(-c3ccccc3)cc2)cc1[N+](=O)[O-]. The van der Waals surface area contributed by atoms with E-state index >= 15 is 0 Å². The first-order valence-corrected chi connectivity index (χ1v) is 10.4. The second-order valence-electron chi connectivity index (χ2n) is 6.35. The van der Waals surface area contributed by atoms with Crippen LogP contribution in [0.5, 0.6) is 0 Å². The summed E-state index contributed by atoms with van der Waals surface area (Å²) in [6, 6.07) is 20.4. The third-order valence-corrected chi connectivity index (χ3v) is 5.37. The number of benzene rings is 3. The summed E-state index contributed by atoms with van der Waals surface area (Å²) in [7, 11) is -3.80. The van der Waals surface area contributed by atoms with Crippen LogP contribution in [0.15, 0.2) is 77.7 Å². The van der Waals surface area contributed by atoms with E-state index in [9.17, 15) is 23.3 Å². The van der Waals surface area contributed by atoms with Crippen molar-refractivity contribution in [3.63, 3.8) is 0 Å². The van der Waals surface area contributed by atoms with Gasteiger partial charge in [0.15, 0.2) is 9.84 Å². The van der Waals surface area contributed by atoms with E-state index in [4.69, 9.17) is 4.74 Å². The summed E-state index contributed by atoms with van der Waals surface area (Å²) in [5, 5.41) is 11.2. The van der Waals surface area contributed by atoms with Gasteiger partial charge in [0.1, 0.15) is 11.5 Å². The summed E-state index contributed by atoms with van der Waals surface area (Å²) < 4.78 is 28.5. The van der Waals surface area contributed by atoms with Gasteiger partial charge in [0.05, 0.1) is 10.5 Å². The van der Waals surface area contributed by atoms with E-state index in [0.29, 0.717) is 0 Å². The predicted octanol–water partition coefficient (Wildman–Crippen LogP) is 4.02. The normalized spacial score (nSPS) is 11.1. The van der Waals surface area contributed by atoms with Gasteiger partial charge in [0.2, 0.25) is 0 Å². The Balaban J connectivity index is 1.72. The minimum Gasteiger partial charge on any atom is -0.457 e. The molecule has 0 aromatic heterocycles. The molecule has 0 aliphatic carbocycles. The number of hydrogen-bond donors (Lipinski definition) is 0. The number of sulfone groups is 1. The number of esters is 1. The summed E-state index contributed by atoms with van der Waals surface area (Å²) in [5.74, 6) is -0.778. The van der Waals surface area contributed by atoms with Crippen molar-refractivity contribution in [1.29, 1.82) is 0 Å². The molecule has 29 heavy (non-hydrogen) atoms. The molecule has 0 fully saturated rings. The Kier molecular flexibility index (Phi) is 5.74. The minimum absolute atomic E-state index is 0.0183. The van der Waals surface area contributed by atoms with Gasteiger partial charge < -0.3 is 4.74 Å². The fourth-order valence-electron chi connectivity index (χ4n) is 2.76. The van der Waals surface area contributed by atoms with Gasteiger partial charge in [0, 0.05) is 12.3 Å². The Bertz CT molecular complexity index is 1160. The number of nitrogens with zero attached hydrogens (tertiary/aromatic N) is 1. The van der Waals surface area contributed by atoms with Crippen LogP contribution in [0.4, 0.5) is 5.69 Å². The third-order valence-electron chi connectivity index (χ3n) is 4.22. The molecule has 0 aliphatic heterocycles. The van der Waals surface area contributed by atoms with Crippen LogP contribution in [0.25, 0.3) is 11.1 Å². The number of nitro benzene ring substituents is 1. The fraction of sp³-hybridized carbons (Fsp3) is 0.0952. The van der Waals surface area contributed by atoms with Crippen molar-refractivity contribution in [3.05, 3.63) is 94.0 Å². The monoisotopic (exact) mass is 411 g/mol. The maximum atomic E-state index is 12.2. The van der Waals surface area contributed by atoms with Gasteiger partial charge >= 0.3 is 5.97 Å². The lowest BCUT2D eigenvalue weighted by atomic mass is 10.0. The van der Waals surface area contributed by atoms with Gasteiger partial charge in [-0.15, -0.1) is 0 Å². The molecular formula is C21H17NO6S. The quantitative estimate of drug-likeness (QED) is 0.345. The molecule has 0 atom stereocenters. The summed E-state index contributed by atoms with van der Waals surface area (Å²) in [4.78, 5) is 22.1. The maximum Gasteiger partial charge on any atom is 0.338 e. The number of carbonyl (C=O) groups is 1. The van der Waals surface area contributed by atoms with Crippen LogP contribution < -0.4 is 0 Å². The predicted molar refractivity (Wildman–Crippen MR) is 107 cm³/mol. The topological polar surface area (TPSA) is 104 Å². The molecule has 0 unspecified atom stereocenters. The van der Waals surface area contributed by atoms with E-state index in [1.807, 2.05) is 54.6 Å². The fourth-order valence-corrected chi connectivity index (χ4v) is 3.59. The van der Waals surface area contributed by atoms with Gasteiger partial charge in [-0.3, -0.25) is 10.1 Å². The smallest absolute Gasteiger partial charge is 0.338 e. The molecule has 0 radical (unpaired) electrons. The van der Waals surface area contributed by atoms with Crippen molar-refractivity contribution in [2.75, 3.05) is 6.26 Å². The highest BCUT2D eigenvalue weighted by Crippen LogP contribution is 2.25. The minimum atomic E-state index is -3.80. The van der Waals surface area contributed by atoms with Crippen molar-refractivity contribution < 1.29 is 22.9 Å². The summed E-state index contributed by atoms with van der Waals surface area (Å²) >= 11 is 0. The molecule has 7 nitrogen and oxygen atoms in total. The summed E-state index contributed by atoms with van der Waals surface area (Å²) in [6.45, 7) is -0.0183. The van der Waals surface area contributed by atoms with Crippen LogP contribution in [-0.4, -0.2) is 25.6 Å². The summed E-state index contributed by atoms with van der Waals surface area (Å²) in [5.41, 5.74) is 2.08. The first kappa shape index (κ1) is 20.2. The highest BCUT2D eigenvalue weighted by atomic mass is 32.2. The van der Waals surface area contributed by atoms with Gasteiger partial charge in [-0.1, -0.05) is 54.6 Å². The lowest BCUT2D eigenvalue weighted by Gasteiger charge is -2.07. The molecule has 148 valence electrons. The molecule has 0 saturated heterocycles. The molecule has 3 rings (SSSR count). The van der Waals surface area contributed by atoms with E-state index in [1.165, 1.54) is 6.07 Å². The molecule has 0 heterocycles. The molecule has 0 aliphatic rings. The van der Waals surface area contributed by atoms with E-state index < -0.39 is 31.3 Å². The first-order chi connectivity index (χ1) is 13.8. The Morgan fingerprint density at radius 2 is 1.59 bits per heavy atom. The number of carbonyl (C=O) groups excluding carboxylic acids is 1. The van der Waals surface area contributed by atoms with Crippen LogP contribution in [0.2, 0.25) is 0 Å². The molecule has 0 amide bonds. The maximum absolute atomic E-state index is 12.2. The number of rotatable bonds is 6. The summed E-state index contributed by atoms with van der Waals surface area (Å²) in [6.07, 6.45) is 0.867. The van der Waals surface area contributed by atoms with Crippen molar-refractivity contribution in [1.82, 2.24) is 0 Å². The molecule has 0 saturated carbocycles. The zero-order valence-electron chi connectivity index (χ0n) is 15.4. The zero-order valence-corrected chi connectivity index (χ0v) is 16.3. The molecule has 3 aromatic rings. The van der Waals surface area contributed by atoms with E-state index in [1.54, 1.807) is 0 Å². The second kappa shape index (κ2) is 8.24. The van der Waals surface area contributed by atoms with Gasteiger partial charge in [0.25, 0.3) is 5.69 Å². The van der Waals surface area contributed by atoms with E-state index in [-0.39, 0.29) is 12.2 Å². The van der Waals surface area contributed by atoms with Gasteiger partial charge in [-0.2, -0.15) is 0 Å². The van der Waals surface area contributed by atoms with Crippen LogP contribution in [0, 0.1) is 10.1 Å². The first-order valence-electron chi connectivity index (χ1n) is 8.56. The standard InChI is InChI=1S/C21H17NO6S/c1-29(26,27)20-12-11-18(13-19(20)22(24)25)21(23)28-14-15-7-9-17(10-8-15)16-5-3-2-4-6-16/h2-13H,14H2,1H3. The van der Waals surface area contributed by atoms with Crippen molar-refractivity contribution >= 4 is 21.5 Å². The van der Waals surface area contributed by atoms with Crippen LogP contribution in [0.3, 0.4) is 0 Å². The van der Waals surface area contributed by atoms with Gasteiger partial charge in [-0.05, 0) is 28.8 Å².